The maximum Gasteiger partial charge on any atom is 0.255 e. The van der Waals surface area contributed by atoms with Crippen LogP contribution in [0.2, 0.25) is 0 Å². The Hall–Kier alpha value is -0.780. The van der Waals surface area contributed by atoms with Gasteiger partial charge in [0.1, 0.15) is 0 Å². The van der Waals surface area contributed by atoms with Gasteiger partial charge in [0.2, 0.25) is 5.91 Å². The smallest absolute Gasteiger partial charge is 0.255 e. The largest absolute Gasteiger partial charge is 0.338 e. The Bertz CT molecular complexity index is 654. The molecule has 1 saturated heterocycles. The van der Waals surface area contributed by atoms with E-state index in [0.29, 0.717) is 24.4 Å². The van der Waals surface area contributed by atoms with Crippen LogP contribution in [0.15, 0.2) is 11.6 Å². The van der Waals surface area contributed by atoms with E-state index in [2.05, 4.69) is 29.7 Å². The van der Waals surface area contributed by atoms with E-state index in [1.807, 2.05) is 13.8 Å². The number of amides is 2. The van der Waals surface area contributed by atoms with Crippen LogP contribution in [0.25, 0.3) is 0 Å². The van der Waals surface area contributed by atoms with Crippen molar-refractivity contribution in [2.24, 2.45) is 23.2 Å². The normalized spacial score (nSPS) is 26.3. The van der Waals surface area contributed by atoms with Crippen molar-refractivity contribution >= 4 is 35.0 Å². The molecule has 2 fully saturated rings. The van der Waals surface area contributed by atoms with Gasteiger partial charge in [0.15, 0.2) is 4.84 Å². The predicted octanol–water partition coefficient (Wildman–Crippen LogP) is 3.41. The van der Waals surface area contributed by atoms with Gasteiger partial charge in [-0.1, -0.05) is 62.5 Å². The zero-order valence-corrected chi connectivity index (χ0v) is 19.7. The SMILES string of the molecule is CC(C)C(=O)N(CCN1CCN(C(=O)C(Cl)Cl)CC1)CC1=CCC2CC1C2(C)C. The molecule has 0 radical (unpaired) electrons. The molecular weight excluding hydrogens is 409 g/mol. The number of halogens is 2. The summed E-state index contributed by atoms with van der Waals surface area (Å²) in [7, 11) is 0. The molecule has 0 aromatic rings. The van der Waals surface area contributed by atoms with E-state index in [9.17, 15) is 9.59 Å². The second-order valence-electron chi connectivity index (χ2n) is 9.70. The molecule has 2 unspecified atom stereocenters. The van der Waals surface area contributed by atoms with Gasteiger partial charge >= 0.3 is 0 Å². The summed E-state index contributed by atoms with van der Waals surface area (Å²) in [6, 6.07) is 0. The van der Waals surface area contributed by atoms with Crippen molar-refractivity contribution in [1.82, 2.24) is 14.7 Å². The number of hydrogen-bond donors (Lipinski definition) is 0. The molecule has 2 bridgehead atoms. The van der Waals surface area contributed by atoms with E-state index in [0.717, 1.165) is 45.1 Å². The van der Waals surface area contributed by atoms with Gasteiger partial charge in [-0.25, -0.2) is 0 Å². The first-order valence-electron chi connectivity index (χ1n) is 10.9. The van der Waals surface area contributed by atoms with Crippen LogP contribution < -0.4 is 0 Å². The monoisotopic (exact) mass is 443 g/mol. The number of alkyl halides is 2. The zero-order chi connectivity index (χ0) is 21.3. The Morgan fingerprint density at radius 3 is 2.38 bits per heavy atom. The summed E-state index contributed by atoms with van der Waals surface area (Å²) in [4.78, 5) is 29.9. The number of carbonyl (C=O) groups excluding carboxylic acids is 2. The molecule has 0 aromatic carbocycles. The predicted molar refractivity (Wildman–Crippen MR) is 118 cm³/mol. The third-order valence-electron chi connectivity index (χ3n) is 7.32. The quantitative estimate of drug-likeness (QED) is 0.447. The Labute approximate surface area is 185 Å². The Balaban J connectivity index is 1.55. The van der Waals surface area contributed by atoms with Gasteiger partial charge in [-0.2, -0.15) is 0 Å². The van der Waals surface area contributed by atoms with Crippen molar-refractivity contribution in [1.29, 1.82) is 0 Å². The lowest BCUT2D eigenvalue weighted by atomic mass is 9.49. The highest BCUT2D eigenvalue weighted by Crippen LogP contribution is 2.59. The molecule has 0 N–H and O–H groups in total. The minimum Gasteiger partial charge on any atom is -0.338 e. The van der Waals surface area contributed by atoms with Crippen LogP contribution >= 0.6 is 23.2 Å². The summed E-state index contributed by atoms with van der Waals surface area (Å²) >= 11 is 11.4. The first-order chi connectivity index (χ1) is 13.6. The minimum absolute atomic E-state index is 0.000170. The van der Waals surface area contributed by atoms with Crippen LogP contribution in [0, 0.1) is 23.2 Å². The van der Waals surface area contributed by atoms with Crippen LogP contribution in [0.1, 0.15) is 40.5 Å². The topological polar surface area (TPSA) is 43.9 Å². The van der Waals surface area contributed by atoms with E-state index in [1.165, 1.54) is 12.0 Å². The number of allylic oxidation sites excluding steroid dienone is 1. The number of nitrogens with zero attached hydrogens (tertiary/aromatic N) is 3. The van der Waals surface area contributed by atoms with Gasteiger partial charge in [-0.15, -0.1) is 0 Å². The van der Waals surface area contributed by atoms with Crippen LogP contribution in [-0.4, -0.2) is 77.2 Å². The van der Waals surface area contributed by atoms with Crippen molar-refractivity contribution in [3.63, 3.8) is 0 Å². The van der Waals surface area contributed by atoms with Crippen LogP contribution in [-0.2, 0) is 9.59 Å². The molecule has 7 heteroatoms. The lowest BCUT2D eigenvalue weighted by Gasteiger charge is -2.57. The number of fused-ring (bicyclic) bond motifs is 1. The molecule has 5 nitrogen and oxygen atoms in total. The van der Waals surface area contributed by atoms with Crippen molar-refractivity contribution in [2.75, 3.05) is 45.8 Å². The summed E-state index contributed by atoms with van der Waals surface area (Å²) in [5, 5.41) is 0. The third kappa shape index (κ3) is 4.94. The molecule has 4 rings (SSSR count). The molecule has 1 aliphatic heterocycles. The zero-order valence-electron chi connectivity index (χ0n) is 18.2. The van der Waals surface area contributed by atoms with Gasteiger partial charge in [0, 0.05) is 51.7 Å². The van der Waals surface area contributed by atoms with E-state index in [4.69, 9.17) is 23.2 Å². The molecule has 1 saturated carbocycles. The first-order valence-corrected chi connectivity index (χ1v) is 11.8. The summed E-state index contributed by atoms with van der Waals surface area (Å²) in [5.41, 5.74) is 1.83. The maximum atomic E-state index is 12.9. The number of rotatable bonds is 7. The van der Waals surface area contributed by atoms with E-state index in [-0.39, 0.29) is 17.7 Å². The summed E-state index contributed by atoms with van der Waals surface area (Å²) in [6.07, 6.45) is 4.82. The summed E-state index contributed by atoms with van der Waals surface area (Å²) in [6.45, 7) is 13.9. The minimum atomic E-state index is -0.986. The van der Waals surface area contributed by atoms with Crippen molar-refractivity contribution in [2.45, 2.75) is 45.4 Å². The fourth-order valence-corrected chi connectivity index (χ4v) is 5.38. The highest BCUT2D eigenvalue weighted by atomic mass is 35.5. The van der Waals surface area contributed by atoms with Crippen molar-refractivity contribution in [3.8, 4) is 0 Å². The van der Waals surface area contributed by atoms with Gasteiger partial charge < -0.3 is 9.80 Å². The highest BCUT2D eigenvalue weighted by molar-refractivity contribution is 6.53. The Morgan fingerprint density at radius 1 is 1.21 bits per heavy atom. The highest BCUT2D eigenvalue weighted by Gasteiger charge is 2.51. The number of piperazine rings is 1. The maximum absolute atomic E-state index is 12.9. The Morgan fingerprint density at radius 2 is 1.86 bits per heavy atom. The molecule has 164 valence electrons. The van der Waals surface area contributed by atoms with Gasteiger partial charge in [-0.05, 0) is 30.1 Å². The number of carbonyl (C=O) groups is 2. The average Bonchev–Trinajstić information content (AvgIpc) is 2.70. The lowest BCUT2D eigenvalue weighted by molar-refractivity contribution is -0.134. The molecule has 29 heavy (non-hydrogen) atoms. The van der Waals surface area contributed by atoms with Crippen molar-refractivity contribution in [3.05, 3.63) is 11.6 Å². The molecule has 1 heterocycles. The van der Waals surface area contributed by atoms with Crippen LogP contribution in [0.3, 0.4) is 0 Å². The first kappa shape index (κ1) is 22.9. The van der Waals surface area contributed by atoms with Crippen LogP contribution in [0.4, 0.5) is 0 Å². The molecule has 2 amide bonds. The van der Waals surface area contributed by atoms with E-state index >= 15 is 0 Å². The second kappa shape index (κ2) is 9.15. The number of hydrogen-bond acceptors (Lipinski definition) is 3. The standard InChI is InChI=1S/C22H35Cl2N3O2/c1-15(2)20(28)27(14-16-5-6-17-13-18(16)22(17,3)4)12-9-25-7-10-26(11-8-25)21(29)19(23)24/h5,15,17-19H,6-14H2,1-4H3. The fourth-order valence-electron chi connectivity index (χ4n) is 5.10. The van der Waals surface area contributed by atoms with E-state index in [1.54, 1.807) is 4.90 Å². The van der Waals surface area contributed by atoms with Crippen LogP contribution in [0.5, 0.6) is 0 Å². The Kier molecular flexibility index (Phi) is 7.23. The lowest BCUT2D eigenvalue weighted by Crippen LogP contribution is -2.53. The summed E-state index contributed by atoms with van der Waals surface area (Å²) in [5.74, 6) is 1.45. The van der Waals surface area contributed by atoms with Crippen molar-refractivity contribution < 1.29 is 9.59 Å². The average molecular weight is 444 g/mol. The molecular formula is C22H35Cl2N3O2. The molecule has 0 aromatic heterocycles. The fraction of sp³-hybridized carbons (Fsp3) is 0.818. The second-order valence-corrected chi connectivity index (χ2v) is 10.8. The summed E-state index contributed by atoms with van der Waals surface area (Å²) < 4.78 is 0. The third-order valence-corrected chi connectivity index (χ3v) is 7.69. The van der Waals surface area contributed by atoms with Gasteiger partial charge in [0.25, 0.3) is 5.91 Å². The van der Waals surface area contributed by atoms with E-state index < -0.39 is 4.84 Å². The molecule has 4 aliphatic rings. The molecule has 3 aliphatic carbocycles. The molecule has 2 atom stereocenters. The molecule has 0 spiro atoms. The van der Waals surface area contributed by atoms with Gasteiger partial charge in [0.05, 0.1) is 0 Å². The van der Waals surface area contributed by atoms with Gasteiger partial charge in [-0.3, -0.25) is 14.5 Å².